The number of fused-ring (bicyclic) bond motifs is 1. The van der Waals surface area contributed by atoms with Crippen molar-refractivity contribution in [1.82, 2.24) is 9.97 Å². The van der Waals surface area contributed by atoms with Gasteiger partial charge < -0.3 is 9.73 Å². The van der Waals surface area contributed by atoms with Crippen molar-refractivity contribution in [2.75, 3.05) is 5.32 Å². The Balaban J connectivity index is 1.66. The summed E-state index contributed by atoms with van der Waals surface area (Å²) in [6, 6.07) is 17.1. The molecule has 0 atom stereocenters. The molecule has 4 aromatic rings. The maximum atomic E-state index is 12.7. The smallest absolute Gasteiger partial charge is 0.278 e. The maximum absolute atomic E-state index is 12.7. The van der Waals surface area contributed by atoms with E-state index in [-0.39, 0.29) is 11.6 Å². The van der Waals surface area contributed by atoms with Crippen LogP contribution in [-0.4, -0.2) is 15.9 Å². The highest BCUT2D eigenvalue weighted by atomic mass is 16.3. The molecule has 0 aliphatic carbocycles. The highest BCUT2D eigenvalue weighted by Gasteiger charge is 2.19. The Hall–Kier alpha value is -3.47. The number of pyridine rings is 1. The van der Waals surface area contributed by atoms with E-state index in [0.717, 1.165) is 22.0 Å². The highest BCUT2D eigenvalue weighted by molar-refractivity contribution is 6.07. The number of rotatable bonds is 3. The summed E-state index contributed by atoms with van der Waals surface area (Å²) in [5.74, 6) is 0.160. The summed E-state index contributed by atoms with van der Waals surface area (Å²) in [5, 5.41) is 3.83. The van der Waals surface area contributed by atoms with E-state index in [1.165, 1.54) is 6.39 Å². The van der Waals surface area contributed by atoms with Gasteiger partial charge in [0, 0.05) is 22.8 Å². The van der Waals surface area contributed by atoms with Crippen molar-refractivity contribution >= 4 is 22.5 Å². The molecule has 0 unspecified atom stereocenters. The van der Waals surface area contributed by atoms with E-state index in [1.54, 1.807) is 6.20 Å². The second kappa shape index (κ2) is 6.20. The van der Waals surface area contributed by atoms with E-state index in [2.05, 4.69) is 15.3 Å². The van der Waals surface area contributed by atoms with Crippen LogP contribution in [0, 0.1) is 6.92 Å². The summed E-state index contributed by atoms with van der Waals surface area (Å²) >= 11 is 0. The number of nitrogens with zero attached hydrogens (tertiary/aromatic N) is 2. The summed E-state index contributed by atoms with van der Waals surface area (Å²) in [6.45, 7) is 1.97. The molecule has 2 heterocycles. The third kappa shape index (κ3) is 2.87. The third-order valence-corrected chi connectivity index (χ3v) is 4.03. The molecule has 0 saturated heterocycles. The number of nitrogens with one attached hydrogen (secondary N) is 1. The number of anilines is 1. The number of hydrogen-bond acceptors (Lipinski definition) is 4. The number of carbonyl (C=O) groups excluding carboxylic acids is 1. The summed E-state index contributed by atoms with van der Waals surface area (Å²) in [6.07, 6.45) is 3.03. The fraction of sp³-hybridized carbons (Fsp3) is 0.0500. The van der Waals surface area contributed by atoms with Gasteiger partial charge in [0.15, 0.2) is 17.8 Å². The van der Waals surface area contributed by atoms with Gasteiger partial charge in [-0.2, -0.15) is 0 Å². The molecule has 0 bridgehead atoms. The van der Waals surface area contributed by atoms with Gasteiger partial charge in [-0.25, -0.2) is 4.98 Å². The normalized spacial score (nSPS) is 10.8. The second-order valence-corrected chi connectivity index (χ2v) is 5.71. The fourth-order valence-corrected chi connectivity index (χ4v) is 2.77. The SMILES string of the molecule is Cc1ccccc1-c1ocnc1C(=O)Nc1ccc2ncccc2c1. The monoisotopic (exact) mass is 329 g/mol. The first-order chi connectivity index (χ1) is 12.2. The lowest BCUT2D eigenvalue weighted by Gasteiger charge is -2.07. The van der Waals surface area contributed by atoms with Gasteiger partial charge in [-0.1, -0.05) is 30.3 Å². The lowest BCUT2D eigenvalue weighted by Crippen LogP contribution is -2.13. The van der Waals surface area contributed by atoms with Gasteiger partial charge in [-0.15, -0.1) is 0 Å². The van der Waals surface area contributed by atoms with Crippen molar-refractivity contribution in [3.63, 3.8) is 0 Å². The van der Waals surface area contributed by atoms with Crippen molar-refractivity contribution in [1.29, 1.82) is 0 Å². The predicted octanol–water partition coefficient (Wildman–Crippen LogP) is 4.45. The van der Waals surface area contributed by atoms with E-state index < -0.39 is 0 Å². The van der Waals surface area contributed by atoms with Gasteiger partial charge >= 0.3 is 0 Å². The zero-order chi connectivity index (χ0) is 17.2. The first-order valence-electron chi connectivity index (χ1n) is 7.88. The molecule has 5 heteroatoms. The van der Waals surface area contributed by atoms with Gasteiger partial charge in [0.25, 0.3) is 5.91 Å². The number of oxazole rings is 1. The fourth-order valence-electron chi connectivity index (χ4n) is 2.77. The molecule has 0 spiro atoms. The molecule has 1 amide bonds. The van der Waals surface area contributed by atoms with E-state index in [0.29, 0.717) is 11.4 Å². The van der Waals surface area contributed by atoms with Crippen LogP contribution in [0.25, 0.3) is 22.2 Å². The topological polar surface area (TPSA) is 68.0 Å². The second-order valence-electron chi connectivity index (χ2n) is 5.71. The van der Waals surface area contributed by atoms with Crippen molar-refractivity contribution in [3.8, 4) is 11.3 Å². The molecular weight excluding hydrogens is 314 g/mol. The highest BCUT2D eigenvalue weighted by Crippen LogP contribution is 2.27. The zero-order valence-electron chi connectivity index (χ0n) is 13.6. The number of benzene rings is 2. The summed E-state index contributed by atoms with van der Waals surface area (Å²) in [5.41, 5.74) is 3.70. The molecular formula is C20H15N3O2. The minimum atomic E-state index is -0.310. The molecule has 25 heavy (non-hydrogen) atoms. The number of aryl methyl sites for hydroxylation is 1. The molecule has 0 fully saturated rings. The van der Waals surface area contributed by atoms with Gasteiger partial charge in [0.05, 0.1) is 5.52 Å². The number of hydrogen-bond donors (Lipinski definition) is 1. The van der Waals surface area contributed by atoms with Crippen molar-refractivity contribution in [2.24, 2.45) is 0 Å². The van der Waals surface area contributed by atoms with Crippen LogP contribution in [0.3, 0.4) is 0 Å². The number of aromatic nitrogens is 2. The Labute approximate surface area is 144 Å². The maximum Gasteiger partial charge on any atom is 0.278 e. The molecule has 0 aliphatic rings. The first kappa shape index (κ1) is 15.1. The Morgan fingerprint density at radius 1 is 1.04 bits per heavy atom. The third-order valence-electron chi connectivity index (χ3n) is 4.03. The van der Waals surface area contributed by atoms with E-state index in [1.807, 2.05) is 61.5 Å². The molecule has 2 aromatic carbocycles. The zero-order valence-corrected chi connectivity index (χ0v) is 13.6. The van der Waals surface area contributed by atoms with Gasteiger partial charge in [-0.05, 0) is 36.8 Å². The predicted molar refractivity (Wildman–Crippen MR) is 96.4 cm³/mol. The van der Waals surface area contributed by atoms with Crippen molar-refractivity contribution in [2.45, 2.75) is 6.92 Å². The summed E-state index contributed by atoms with van der Waals surface area (Å²) in [7, 11) is 0. The van der Waals surface area contributed by atoms with Crippen LogP contribution in [0.15, 0.2) is 71.6 Å². The van der Waals surface area contributed by atoms with Crippen LogP contribution in [-0.2, 0) is 0 Å². The van der Waals surface area contributed by atoms with Crippen molar-refractivity contribution < 1.29 is 9.21 Å². The molecule has 122 valence electrons. The molecule has 1 N–H and O–H groups in total. The first-order valence-corrected chi connectivity index (χ1v) is 7.88. The quantitative estimate of drug-likeness (QED) is 0.603. The van der Waals surface area contributed by atoms with Crippen LogP contribution in [0.1, 0.15) is 16.1 Å². The van der Waals surface area contributed by atoms with Gasteiger partial charge in [-0.3, -0.25) is 9.78 Å². The average Bonchev–Trinajstić information content (AvgIpc) is 3.11. The summed E-state index contributed by atoms with van der Waals surface area (Å²) in [4.78, 5) is 21.0. The minimum Gasteiger partial charge on any atom is -0.443 e. The molecule has 0 aliphatic heterocycles. The van der Waals surface area contributed by atoms with Gasteiger partial charge in [0.1, 0.15) is 0 Å². The van der Waals surface area contributed by atoms with Gasteiger partial charge in [0.2, 0.25) is 0 Å². The Kier molecular flexibility index (Phi) is 3.74. The Morgan fingerprint density at radius 3 is 2.80 bits per heavy atom. The molecule has 5 nitrogen and oxygen atoms in total. The Morgan fingerprint density at radius 2 is 1.92 bits per heavy atom. The standard InChI is InChI=1S/C20H15N3O2/c1-13-5-2-3-7-16(13)19-18(22-12-25-19)20(24)23-15-8-9-17-14(11-15)6-4-10-21-17/h2-12H,1H3,(H,23,24). The van der Waals surface area contributed by atoms with E-state index in [9.17, 15) is 4.79 Å². The lowest BCUT2D eigenvalue weighted by molar-refractivity contribution is 0.102. The number of carbonyl (C=O) groups is 1. The lowest BCUT2D eigenvalue weighted by atomic mass is 10.1. The van der Waals surface area contributed by atoms with Crippen LogP contribution in [0.2, 0.25) is 0 Å². The minimum absolute atomic E-state index is 0.264. The Bertz CT molecular complexity index is 1070. The average molecular weight is 329 g/mol. The van der Waals surface area contributed by atoms with Crippen molar-refractivity contribution in [3.05, 3.63) is 78.4 Å². The summed E-state index contributed by atoms with van der Waals surface area (Å²) < 4.78 is 5.48. The van der Waals surface area contributed by atoms with E-state index in [4.69, 9.17) is 4.42 Å². The van der Waals surface area contributed by atoms with Crippen LogP contribution >= 0.6 is 0 Å². The largest absolute Gasteiger partial charge is 0.443 e. The molecule has 4 rings (SSSR count). The molecule has 0 saturated carbocycles. The van der Waals surface area contributed by atoms with Crippen LogP contribution in [0.5, 0.6) is 0 Å². The van der Waals surface area contributed by atoms with Crippen LogP contribution in [0.4, 0.5) is 5.69 Å². The van der Waals surface area contributed by atoms with E-state index >= 15 is 0 Å². The van der Waals surface area contributed by atoms with Crippen LogP contribution < -0.4 is 5.32 Å². The molecule has 0 radical (unpaired) electrons. The molecule has 2 aromatic heterocycles. The number of amides is 1.